The lowest BCUT2D eigenvalue weighted by atomic mass is 10.2. The molecule has 0 fully saturated rings. The van der Waals surface area contributed by atoms with Crippen LogP contribution < -0.4 is 15.6 Å². The van der Waals surface area contributed by atoms with Gasteiger partial charge in [0.25, 0.3) is 11.8 Å². The average Bonchev–Trinajstić information content (AvgIpc) is 2.72. The molecule has 2 amide bonds. The molecule has 2 rings (SSSR count). The van der Waals surface area contributed by atoms with Gasteiger partial charge in [-0.25, -0.2) is 8.42 Å². The summed E-state index contributed by atoms with van der Waals surface area (Å²) in [6.45, 7) is 3.67. The molecule has 0 heterocycles. The average molecular weight is 474 g/mol. The number of nitrogens with one attached hydrogen (secondary N) is 2. The molecule has 2 N–H and O–H groups in total. The van der Waals surface area contributed by atoms with Crippen LogP contribution in [0.1, 0.15) is 24.2 Å². The van der Waals surface area contributed by atoms with E-state index in [0.29, 0.717) is 18.1 Å². The predicted octanol–water partition coefficient (Wildman–Crippen LogP) is 2.86. The Morgan fingerprint density at radius 3 is 2.37 bits per heavy atom. The molecule has 2 aromatic carbocycles. The van der Waals surface area contributed by atoms with Gasteiger partial charge in [-0.2, -0.15) is 4.31 Å². The first-order valence-electron chi connectivity index (χ1n) is 8.96. The van der Waals surface area contributed by atoms with Crippen LogP contribution in [0.3, 0.4) is 0 Å². The summed E-state index contributed by atoms with van der Waals surface area (Å²) in [5.74, 6) is -1.05. The predicted molar refractivity (Wildman–Crippen MR) is 114 cm³/mol. The molecule has 0 saturated heterocycles. The van der Waals surface area contributed by atoms with E-state index in [1.807, 2.05) is 0 Å². The minimum absolute atomic E-state index is 0.00844. The Bertz CT molecular complexity index is 1030. The SMILES string of the molecule is CCN(CC)S(=O)(=O)c1cccc(C(=O)NNC(=O)COc2ccc(Cl)cc2Cl)c1. The van der Waals surface area contributed by atoms with Gasteiger partial charge in [0.1, 0.15) is 5.75 Å². The molecule has 0 aliphatic rings. The van der Waals surface area contributed by atoms with Crippen molar-refractivity contribution in [2.24, 2.45) is 0 Å². The maximum atomic E-state index is 12.6. The van der Waals surface area contributed by atoms with Crippen molar-refractivity contribution in [3.63, 3.8) is 0 Å². The fourth-order valence-electron chi connectivity index (χ4n) is 2.48. The van der Waals surface area contributed by atoms with Crippen molar-refractivity contribution >= 4 is 45.0 Å². The summed E-state index contributed by atoms with van der Waals surface area (Å²) in [6, 6.07) is 10.1. The van der Waals surface area contributed by atoms with Crippen molar-refractivity contribution in [1.29, 1.82) is 0 Å². The molecule has 0 unspecified atom stereocenters. The van der Waals surface area contributed by atoms with Crippen molar-refractivity contribution < 1.29 is 22.7 Å². The summed E-state index contributed by atoms with van der Waals surface area (Å²) in [7, 11) is -3.71. The monoisotopic (exact) mass is 473 g/mol. The van der Waals surface area contributed by atoms with E-state index in [4.69, 9.17) is 27.9 Å². The molecule has 0 atom stereocenters. The molecule has 0 aliphatic heterocycles. The fourth-order valence-corrected chi connectivity index (χ4v) is 4.45. The number of amides is 2. The van der Waals surface area contributed by atoms with E-state index in [-0.39, 0.29) is 21.2 Å². The Morgan fingerprint density at radius 2 is 1.73 bits per heavy atom. The largest absolute Gasteiger partial charge is 0.482 e. The van der Waals surface area contributed by atoms with E-state index in [1.54, 1.807) is 19.9 Å². The third kappa shape index (κ3) is 6.09. The number of rotatable bonds is 8. The molecule has 11 heteroatoms. The van der Waals surface area contributed by atoms with Gasteiger partial charge in [-0.15, -0.1) is 0 Å². The molecule has 162 valence electrons. The highest BCUT2D eigenvalue weighted by Crippen LogP contribution is 2.27. The quantitative estimate of drug-likeness (QED) is 0.573. The number of halogens is 2. The van der Waals surface area contributed by atoms with E-state index >= 15 is 0 Å². The van der Waals surface area contributed by atoms with Gasteiger partial charge in [0, 0.05) is 23.7 Å². The van der Waals surface area contributed by atoms with E-state index < -0.39 is 28.4 Å². The van der Waals surface area contributed by atoms with E-state index in [0.717, 1.165) is 0 Å². The standard InChI is InChI=1S/C19H21Cl2N3O5S/c1-3-24(4-2)30(27,28)15-7-5-6-13(10-15)19(26)23-22-18(25)12-29-17-9-8-14(20)11-16(17)21/h5-11H,3-4,12H2,1-2H3,(H,22,25)(H,23,26). The Kier molecular flexibility index (Phi) is 8.48. The van der Waals surface area contributed by atoms with Crippen LogP contribution in [0.5, 0.6) is 5.75 Å². The van der Waals surface area contributed by atoms with E-state index in [1.165, 1.54) is 40.7 Å². The Morgan fingerprint density at radius 1 is 1.03 bits per heavy atom. The highest BCUT2D eigenvalue weighted by Gasteiger charge is 2.22. The van der Waals surface area contributed by atoms with Crippen LogP contribution >= 0.6 is 23.2 Å². The smallest absolute Gasteiger partial charge is 0.276 e. The molecule has 30 heavy (non-hydrogen) atoms. The first-order chi connectivity index (χ1) is 14.2. The van der Waals surface area contributed by atoms with Gasteiger partial charge in [0.05, 0.1) is 9.92 Å². The lowest BCUT2D eigenvalue weighted by molar-refractivity contribution is -0.123. The summed E-state index contributed by atoms with van der Waals surface area (Å²) in [4.78, 5) is 24.2. The van der Waals surface area contributed by atoms with Crippen molar-refractivity contribution in [3.05, 3.63) is 58.1 Å². The minimum atomic E-state index is -3.71. The molecule has 2 aromatic rings. The second-order valence-corrected chi connectivity index (χ2v) is 8.76. The topological polar surface area (TPSA) is 105 Å². The highest BCUT2D eigenvalue weighted by atomic mass is 35.5. The first kappa shape index (κ1) is 23.9. The van der Waals surface area contributed by atoms with Gasteiger partial charge in [-0.05, 0) is 36.4 Å². The van der Waals surface area contributed by atoms with Crippen LogP contribution in [0.2, 0.25) is 10.0 Å². The van der Waals surface area contributed by atoms with Crippen molar-refractivity contribution in [3.8, 4) is 5.75 Å². The number of hydrogen-bond acceptors (Lipinski definition) is 5. The molecular weight excluding hydrogens is 453 g/mol. The van der Waals surface area contributed by atoms with Crippen LogP contribution in [0.4, 0.5) is 0 Å². The summed E-state index contributed by atoms with van der Waals surface area (Å²) in [6.07, 6.45) is 0. The Labute approximate surface area is 185 Å². The maximum absolute atomic E-state index is 12.6. The number of sulfonamides is 1. The Balaban J connectivity index is 1.97. The lowest BCUT2D eigenvalue weighted by Gasteiger charge is -2.18. The van der Waals surface area contributed by atoms with Crippen LogP contribution in [0, 0.1) is 0 Å². The molecule has 0 bridgehead atoms. The number of nitrogens with zero attached hydrogens (tertiary/aromatic N) is 1. The molecule has 0 radical (unpaired) electrons. The summed E-state index contributed by atoms with van der Waals surface area (Å²) in [5.41, 5.74) is 4.48. The normalized spacial score (nSPS) is 11.2. The number of ether oxygens (including phenoxy) is 1. The van der Waals surface area contributed by atoms with Gasteiger partial charge in [-0.1, -0.05) is 43.1 Å². The van der Waals surface area contributed by atoms with Gasteiger partial charge < -0.3 is 4.74 Å². The lowest BCUT2D eigenvalue weighted by Crippen LogP contribution is -2.43. The van der Waals surface area contributed by atoms with Gasteiger partial charge >= 0.3 is 0 Å². The molecule has 0 spiro atoms. The van der Waals surface area contributed by atoms with Gasteiger partial charge in [-0.3, -0.25) is 20.4 Å². The van der Waals surface area contributed by atoms with Crippen molar-refractivity contribution in [1.82, 2.24) is 15.2 Å². The molecule has 8 nitrogen and oxygen atoms in total. The van der Waals surface area contributed by atoms with Crippen LogP contribution in [-0.4, -0.2) is 44.2 Å². The molecule has 0 saturated carbocycles. The van der Waals surface area contributed by atoms with E-state index in [2.05, 4.69) is 10.9 Å². The van der Waals surface area contributed by atoms with Crippen LogP contribution in [0.15, 0.2) is 47.4 Å². The van der Waals surface area contributed by atoms with Crippen LogP contribution in [0.25, 0.3) is 0 Å². The minimum Gasteiger partial charge on any atom is -0.482 e. The second-order valence-electron chi connectivity index (χ2n) is 5.98. The number of carbonyl (C=O) groups excluding carboxylic acids is 2. The first-order valence-corrected chi connectivity index (χ1v) is 11.2. The number of hydrogen-bond donors (Lipinski definition) is 2. The van der Waals surface area contributed by atoms with Crippen LogP contribution in [-0.2, 0) is 14.8 Å². The Hall–Kier alpha value is -2.33. The molecule has 0 aromatic heterocycles. The number of benzene rings is 2. The second kappa shape index (κ2) is 10.6. The third-order valence-electron chi connectivity index (χ3n) is 4.01. The van der Waals surface area contributed by atoms with Crippen molar-refractivity contribution in [2.75, 3.05) is 19.7 Å². The third-order valence-corrected chi connectivity index (χ3v) is 6.58. The zero-order valence-corrected chi connectivity index (χ0v) is 18.6. The molecular formula is C19H21Cl2N3O5S. The maximum Gasteiger partial charge on any atom is 0.276 e. The van der Waals surface area contributed by atoms with Gasteiger partial charge in [0.2, 0.25) is 10.0 Å². The number of hydrazine groups is 1. The zero-order valence-electron chi connectivity index (χ0n) is 16.3. The summed E-state index contributed by atoms with van der Waals surface area (Å²) < 4.78 is 31.7. The zero-order chi connectivity index (χ0) is 22.3. The number of carbonyl (C=O) groups is 2. The van der Waals surface area contributed by atoms with Crippen molar-refractivity contribution in [2.45, 2.75) is 18.7 Å². The highest BCUT2D eigenvalue weighted by molar-refractivity contribution is 7.89. The summed E-state index contributed by atoms with van der Waals surface area (Å²) >= 11 is 11.7. The van der Waals surface area contributed by atoms with Gasteiger partial charge in [0.15, 0.2) is 6.61 Å². The summed E-state index contributed by atoms with van der Waals surface area (Å²) in [5, 5.41) is 0.667. The fraction of sp³-hybridized carbons (Fsp3) is 0.263. The van der Waals surface area contributed by atoms with E-state index in [9.17, 15) is 18.0 Å². The molecule has 0 aliphatic carbocycles.